The van der Waals surface area contributed by atoms with Gasteiger partial charge in [-0.25, -0.2) is 0 Å². The molecule has 0 aromatic carbocycles. The van der Waals surface area contributed by atoms with E-state index in [-0.39, 0.29) is 5.54 Å². The lowest BCUT2D eigenvalue weighted by Crippen LogP contribution is -2.53. The van der Waals surface area contributed by atoms with E-state index in [0.29, 0.717) is 5.92 Å². The molecule has 1 fully saturated rings. The molecule has 1 aromatic heterocycles. The first kappa shape index (κ1) is 15.2. The molecule has 0 atom stereocenters. The highest BCUT2D eigenvalue weighted by Gasteiger charge is 2.28. The van der Waals surface area contributed by atoms with Gasteiger partial charge in [0.25, 0.3) is 0 Å². The van der Waals surface area contributed by atoms with Gasteiger partial charge in [0.15, 0.2) is 5.82 Å². The van der Waals surface area contributed by atoms with Gasteiger partial charge in [-0.05, 0) is 26.7 Å². The number of aromatic nitrogens is 2. The van der Waals surface area contributed by atoms with Crippen molar-refractivity contribution >= 4 is 11.5 Å². The van der Waals surface area contributed by atoms with Crippen LogP contribution in [-0.2, 0) is 7.05 Å². The molecular formula is C15H29N5. The van der Waals surface area contributed by atoms with Gasteiger partial charge in [-0.1, -0.05) is 13.8 Å². The van der Waals surface area contributed by atoms with Crippen LogP contribution in [0.25, 0.3) is 0 Å². The van der Waals surface area contributed by atoms with Crippen LogP contribution >= 0.6 is 0 Å². The maximum atomic E-state index is 6.32. The fourth-order valence-electron chi connectivity index (χ4n) is 2.94. The van der Waals surface area contributed by atoms with Gasteiger partial charge >= 0.3 is 0 Å². The first-order chi connectivity index (χ1) is 9.21. The summed E-state index contributed by atoms with van der Waals surface area (Å²) in [7, 11) is 1.99. The van der Waals surface area contributed by atoms with Crippen molar-refractivity contribution in [3.05, 3.63) is 5.69 Å². The van der Waals surface area contributed by atoms with E-state index in [2.05, 4.69) is 49.5 Å². The molecule has 1 saturated heterocycles. The number of hydrogen-bond acceptors (Lipinski definition) is 4. The molecule has 0 unspecified atom stereocenters. The molecule has 2 rings (SSSR count). The van der Waals surface area contributed by atoms with Gasteiger partial charge in [0, 0.05) is 38.8 Å². The van der Waals surface area contributed by atoms with Crippen LogP contribution in [0.3, 0.4) is 0 Å². The van der Waals surface area contributed by atoms with Gasteiger partial charge in [-0.2, -0.15) is 5.10 Å². The first-order valence-electron chi connectivity index (χ1n) is 7.54. The molecule has 0 amide bonds. The zero-order chi connectivity index (χ0) is 15.1. The Morgan fingerprint density at radius 1 is 1.10 bits per heavy atom. The summed E-state index contributed by atoms with van der Waals surface area (Å²) >= 11 is 0. The number of rotatable bonds is 2. The summed E-state index contributed by atoms with van der Waals surface area (Å²) in [4.78, 5) is 4.90. The summed E-state index contributed by atoms with van der Waals surface area (Å²) in [5.74, 6) is 1.45. The molecule has 1 aromatic rings. The molecule has 0 saturated carbocycles. The molecule has 114 valence electrons. The predicted molar refractivity (Wildman–Crippen MR) is 85.2 cm³/mol. The predicted octanol–water partition coefficient (Wildman–Crippen LogP) is 2.05. The third-order valence-corrected chi connectivity index (χ3v) is 4.16. The van der Waals surface area contributed by atoms with Gasteiger partial charge in [-0.3, -0.25) is 9.58 Å². The van der Waals surface area contributed by atoms with Crippen molar-refractivity contribution in [1.82, 2.24) is 14.7 Å². The summed E-state index contributed by atoms with van der Waals surface area (Å²) in [6, 6.07) is 0. The van der Waals surface area contributed by atoms with Crippen molar-refractivity contribution in [3.63, 3.8) is 0 Å². The molecule has 2 N–H and O–H groups in total. The molecule has 0 bridgehead atoms. The number of hydrogen-bond donors (Lipinski definition) is 1. The zero-order valence-electron chi connectivity index (χ0n) is 13.8. The maximum absolute atomic E-state index is 6.32. The molecule has 5 nitrogen and oxygen atoms in total. The standard InChI is InChI=1S/C15H29N5/c1-11(2)13-12(16)14(18(6)17-13)19-7-9-20(10-8-19)15(3,4)5/h11H,7-10,16H2,1-6H3. The Morgan fingerprint density at radius 3 is 2.05 bits per heavy atom. The van der Waals surface area contributed by atoms with Crippen molar-refractivity contribution < 1.29 is 0 Å². The number of nitrogen functional groups attached to an aromatic ring is 1. The topological polar surface area (TPSA) is 50.3 Å². The van der Waals surface area contributed by atoms with Crippen molar-refractivity contribution in [3.8, 4) is 0 Å². The van der Waals surface area contributed by atoms with E-state index in [9.17, 15) is 0 Å². The summed E-state index contributed by atoms with van der Waals surface area (Å²) in [5, 5.41) is 4.59. The monoisotopic (exact) mass is 279 g/mol. The Balaban J connectivity index is 2.15. The Labute approximate surface area is 122 Å². The fourth-order valence-corrected chi connectivity index (χ4v) is 2.94. The van der Waals surface area contributed by atoms with Crippen LogP contribution in [0.4, 0.5) is 11.5 Å². The lowest BCUT2D eigenvalue weighted by atomic mass is 10.0. The average Bonchev–Trinajstić information content (AvgIpc) is 2.64. The van der Waals surface area contributed by atoms with Crippen LogP contribution in [0.15, 0.2) is 0 Å². The van der Waals surface area contributed by atoms with Gasteiger partial charge in [0.2, 0.25) is 0 Å². The van der Waals surface area contributed by atoms with E-state index in [1.165, 1.54) is 0 Å². The van der Waals surface area contributed by atoms with Crippen LogP contribution in [0.1, 0.15) is 46.2 Å². The second-order valence-electron chi connectivity index (χ2n) is 7.05. The largest absolute Gasteiger partial charge is 0.394 e. The highest BCUT2D eigenvalue weighted by atomic mass is 15.4. The summed E-state index contributed by atoms with van der Waals surface area (Å²) in [6.07, 6.45) is 0. The van der Waals surface area contributed by atoms with Crippen LogP contribution < -0.4 is 10.6 Å². The fraction of sp³-hybridized carbons (Fsp3) is 0.800. The Bertz CT molecular complexity index is 461. The Morgan fingerprint density at radius 2 is 1.65 bits per heavy atom. The lowest BCUT2D eigenvalue weighted by molar-refractivity contribution is 0.128. The third kappa shape index (κ3) is 2.77. The van der Waals surface area contributed by atoms with Crippen molar-refractivity contribution in [2.45, 2.75) is 46.1 Å². The SMILES string of the molecule is CC(C)c1nn(C)c(N2CCN(C(C)(C)C)CC2)c1N. The summed E-state index contributed by atoms with van der Waals surface area (Å²) < 4.78 is 1.94. The number of anilines is 2. The minimum atomic E-state index is 0.243. The highest BCUT2D eigenvalue weighted by molar-refractivity contribution is 5.67. The summed E-state index contributed by atoms with van der Waals surface area (Å²) in [5.41, 5.74) is 8.43. The molecular weight excluding hydrogens is 250 g/mol. The quantitative estimate of drug-likeness (QED) is 0.900. The van der Waals surface area contributed by atoms with Crippen LogP contribution in [0, 0.1) is 0 Å². The second-order valence-corrected chi connectivity index (χ2v) is 7.05. The van der Waals surface area contributed by atoms with Crippen LogP contribution in [-0.4, -0.2) is 46.4 Å². The van der Waals surface area contributed by atoms with Gasteiger partial charge in [0.05, 0.1) is 11.4 Å². The number of nitrogens with two attached hydrogens (primary N) is 1. The minimum absolute atomic E-state index is 0.243. The van der Waals surface area contributed by atoms with Crippen LogP contribution in [0.2, 0.25) is 0 Å². The average molecular weight is 279 g/mol. The van der Waals surface area contributed by atoms with E-state index in [4.69, 9.17) is 5.73 Å². The van der Waals surface area contributed by atoms with Crippen molar-refractivity contribution in [1.29, 1.82) is 0 Å². The number of piperazine rings is 1. The normalized spacial score (nSPS) is 18.1. The third-order valence-electron chi connectivity index (χ3n) is 4.16. The molecule has 2 heterocycles. The number of nitrogens with zero attached hydrogens (tertiary/aromatic N) is 4. The van der Waals surface area contributed by atoms with Gasteiger partial charge in [-0.15, -0.1) is 0 Å². The minimum Gasteiger partial charge on any atom is -0.394 e. The van der Waals surface area contributed by atoms with E-state index < -0.39 is 0 Å². The summed E-state index contributed by atoms with van der Waals surface area (Å²) in [6.45, 7) is 15.3. The number of aryl methyl sites for hydroxylation is 1. The zero-order valence-corrected chi connectivity index (χ0v) is 13.8. The Hall–Kier alpha value is -1.23. The highest BCUT2D eigenvalue weighted by Crippen LogP contribution is 2.31. The lowest BCUT2D eigenvalue weighted by Gasteiger charge is -2.42. The smallest absolute Gasteiger partial charge is 0.150 e. The molecule has 1 aliphatic heterocycles. The van der Waals surface area contributed by atoms with E-state index in [1.54, 1.807) is 0 Å². The van der Waals surface area contributed by atoms with Gasteiger partial charge in [0.1, 0.15) is 0 Å². The van der Waals surface area contributed by atoms with E-state index >= 15 is 0 Å². The first-order valence-corrected chi connectivity index (χ1v) is 7.54. The van der Waals surface area contributed by atoms with Gasteiger partial charge < -0.3 is 10.6 Å². The Kier molecular flexibility index (Phi) is 4.00. The van der Waals surface area contributed by atoms with Crippen molar-refractivity contribution in [2.75, 3.05) is 36.8 Å². The molecule has 5 heteroatoms. The maximum Gasteiger partial charge on any atom is 0.150 e. The van der Waals surface area contributed by atoms with E-state index in [0.717, 1.165) is 43.4 Å². The molecule has 0 aliphatic carbocycles. The molecule has 1 aliphatic rings. The molecule has 0 radical (unpaired) electrons. The molecule has 20 heavy (non-hydrogen) atoms. The molecule has 0 spiro atoms. The second kappa shape index (κ2) is 5.28. The van der Waals surface area contributed by atoms with E-state index in [1.807, 2.05) is 11.7 Å². The van der Waals surface area contributed by atoms with Crippen molar-refractivity contribution in [2.24, 2.45) is 7.05 Å². The van der Waals surface area contributed by atoms with Crippen LogP contribution in [0.5, 0.6) is 0 Å².